The average Bonchev–Trinajstić information content (AvgIpc) is 2.37. The highest BCUT2D eigenvalue weighted by Crippen LogP contribution is 2.13. The Morgan fingerprint density at radius 1 is 1.78 bits per heavy atom. The molecule has 1 heterocycles. The van der Waals surface area contributed by atoms with Crippen LogP contribution in [0.2, 0.25) is 0 Å². The van der Waals surface area contributed by atoms with E-state index in [9.17, 15) is 4.39 Å². The number of hydrogen-bond donors (Lipinski definition) is 2. The second-order valence-corrected chi connectivity index (χ2v) is 1.85. The van der Waals surface area contributed by atoms with E-state index in [4.69, 9.17) is 5.73 Å². The number of H-pyrrole nitrogens is 1. The Balaban J connectivity index is 2.65. The topological polar surface area (TPSA) is 41.8 Å². The zero-order chi connectivity index (χ0) is 6.69. The Hall–Kier alpha value is -0.830. The molecule has 1 unspecified atom stereocenters. The van der Waals surface area contributed by atoms with Crippen LogP contribution in [0.3, 0.4) is 0 Å². The van der Waals surface area contributed by atoms with Crippen molar-refractivity contribution in [2.45, 2.75) is 6.17 Å². The molecule has 2 nitrogen and oxygen atoms in total. The zero-order valence-corrected chi connectivity index (χ0v) is 4.97. The lowest BCUT2D eigenvalue weighted by Crippen LogP contribution is -2.06. The molecule has 1 aromatic heterocycles. The molecule has 50 valence electrons. The number of aromatic amines is 1. The number of halogens is 1. The fourth-order valence-electron chi connectivity index (χ4n) is 0.668. The first-order valence-electron chi connectivity index (χ1n) is 2.81. The van der Waals surface area contributed by atoms with Crippen LogP contribution in [-0.2, 0) is 0 Å². The van der Waals surface area contributed by atoms with Crippen LogP contribution in [0.1, 0.15) is 11.7 Å². The van der Waals surface area contributed by atoms with E-state index in [-0.39, 0.29) is 6.54 Å². The molecule has 1 aromatic rings. The van der Waals surface area contributed by atoms with Crippen molar-refractivity contribution in [1.29, 1.82) is 0 Å². The number of alkyl halides is 1. The molecule has 0 amide bonds. The van der Waals surface area contributed by atoms with Crippen LogP contribution in [0, 0.1) is 0 Å². The van der Waals surface area contributed by atoms with E-state index in [1.54, 1.807) is 18.5 Å². The van der Waals surface area contributed by atoms with Gasteiger partial charge < -0.3 is 10.7 Å². The number of rotatable bonds is 2. The summed E-state index contributed by atoms with van der Waals surface area (Å²) in [4.78, 5) is 2.75. The third-order valence-corrected chi connectivity index (χ3v) is 1.19. The number of nitrogens with two attached hydrogens (primary N) is 1. The van der Waals surface area contributed by atoms with E-state index in [1.165, 1.54) is 0 Å². The summed E-state index contributed by atoms with van der Waals surface area (Å²) in [7, 11) is 0. The Labute approximate surface area is 52.9 Å². The maximum Gasteiger partial charge on any atom is 0.139 e. The largest absolute Gasteiger partial charge is 0.367 e. The van der Waals surface area contributed by atoms with Crippen molar-refractivity contribution in [3.8, 4) is 0 Å². The van der Waals surface area contributed by atoms with Gasteiger partial charge in [-0.05, 0) is 6.07 Å². The van der Waals surface area contributed by atoms with Gasteiger partial charge in [0.1, 0.15) is 6.17 Å². The van der Waals surface area contributed by atoms with Gasteiger partial charge >= 0.3 is 0 Å². The Morgan fingerprint density at radius 3 is 3.00 bits per heavy atom. The van der Waals surface area contributed by atoms with Gasteiger partial charge in [0.25, 0.3) is 0 Å². The maximum atomic E-state index is 12.6. The molecule has 0 spiro atoms. The third kappa shape index (κ3) is 1.29. The van der Waals surface area contributed by atoms with Crippen LogP contribution < -0.4 is 5.73 Å². The molecule has 0 bridgehead atoms. The quantitative estimate of drug-likeness (QED) is 0.612. The molecule has 9 heavy (non-hydrogen) atoms. The van der Waals surface area contributed by atoms with Crippen LogP contribution >= 0.6 is 0 Å². The van der Waals surface area contributed by atoms with Crippen molar-refractivity contribution < 1.29 is 4.39 Å². The molecule has 0 radical (unpaired) electrons. The summed E-state index contributed by atoms with van der Waals surface area (Å²) in [5.74, 6) is 0. The summed E-state index contributed by atoms with van der Waals surface area (Å²) in [6.45, 7) is 0.0534. The van der Waals surface area contributed by atoms with Gasteiger partial charge in [-0.25, -0.2) is 4.39 Å². The second-order valence-electron chi connectivity index (χ2n) is 1.85. The summed E-state index contributed by atoms with van der Waals surface area (Å²) in [6, 6.07) is 1.68. The second kappa shape index (κ2) is 2.64. The van der Waals surface area contributed by atoms with Gasteiger partial charge in [-0.2, -0.15) is 0 Å². The van der Waals surface area contributed by atoms with Crippen molar-refractivity contribution in [2.24, 2.45) is 5.73 Å². The van der Waals surface area contributed by atoms with E-state index >= 15 is 0 Å². The summed E-state index contributed by atoms with van der Waals surface area (Å²) < 4.78 is 12.6. The van der Waals surface area contributed by atoms with E-state index in [0.29, 0.717) is 5.56 Å². The first kappa shape index (κ1) is 6.29. The minimum absolute atomic E-state index is 0.0534. The van der Waals surface area contributed by atoms with Gasteiger partial charge in [-0.3, -0.25) is 0 Å². The minimum Gasteiger partial charge on any atom is -0.367 e. The van der Waals surface area contributed by atoms with Crippen LogP contribution in [-0.4, -0.2) is 11.5 Å². The SMILES string of the molecule is NCC(F)c1cc[nH]c1. The van der Waals surface area contributed by atoms with Gasteiger partial charge in [0.15, 0.2) is 0 Å². The van der Waals surface area contributed by atoms with Gasteiger partial charge in [-0.1, -0.05) is 0 Å². The maximum absolute atomic E-state index is 12.6. The Kier molecular flexibility index (Phi) is 1.85. The number of aromatic nitrogens is 1. The standard InChI is InChI=1S/C6H9FN2/c7-6(3-8)5-1-2-9-4-5/h1-2,4,6,9H,3,8H2. The molecule has 0 saturated carbocycles. The number of hydrogen-bond acceptors (Lipinski definition) is 1. The van der Waals surface area contributed by atoms with Crippen molar-refractivity contribution in [1.82, 2.24) is 4.98 Å². The first-order chi connectivity index (χ1) is 4.34. The minimum atomic E-state index is -1.02. The highest BCUT2D eigenvalue weighted by Gasteiger charge is 2.05. The summed E-state index contributed by atoms with van der Waals surface area (Å²) >= 11 is 0. The van der Waals surface area contributed by atoms with E-state index in [1.807, 2.05) is 0 Å². The van der Waals surface area contributed by atoms with Crippen LogP contribution in [0.15, 0.2) is 18.5 Å². The number of nitrogens with one attached hydrogen (secondary N) is 1. The monoisotopic (exact) mass is 128 g/mol. The molecule has 3 heteroatoms. The van der Waals surface area contributed by atoms with Gasteiger partial charge in [0.2, 0.25) is 0 Å². The Morgan fingerprint density at radius 2 is 2.56 bits per heavy atom. The molecule has 0 aliphatic rings. The van der Waals surface area contributed by atoms with Gasteiger partial charge in [0, 0.05) is 24.5 Å². The molecule has 0 saturated heterocycles. The molecule has 1 atom stereocenters. The predicted octanol–water partition coefficient (Wildman–Crippen LogP) is 0.984. The third-order valence-electron chi connectivity index (χ3n) is 1.19. The molecule has 1 rings (SSSR count). The highest BCUT2D eigenvalue weighted by atomic mass is 19.1. The predicted molar refractivity (Wildman–Crippen MR) is 33.7 cm³/mol. The highest BCUT2D eigenvalue weighted by molar-refractivity contribution is 5.11. The smallest absolute Gasteiger partial charge is 0.139 e. The summed E-state index contributed by atoms with van der Waals surface area (Å²) in [5, 5.41) is 0. The van der Waals surface area contributed by atoms with E-state index < -0.39 is 6.17 Å². The normalized spacial score (nSPS) is 13.6. The molecule has 0 aliphatic heterocycles. The van der Waals surface area contributed by atoms with E-state index in [2.05, 4.69) is 4.98 Å². The average molecular weight is 128 g/mol. The van der Waals surface area contributed by atoms with Crippen molar-refractivity contribution >= 4 is 0 Å². The van der Waals surface area contributed by atoms with Crippen molar-refractivity contribution in [3.05, 3.63) is 24.0 Å². The zero-order valence-electron chi connectivity index (χ0n) is 4.97. The lowest BCUT2D eigenvalue weighted by Gasteiger charge is -1.98. The molecule has 0 fully saturated rings. The van der Waals surface area contributed by atoms with Crippen LogP contribution in [0.25, 0.3) is 0 Å². The first-order valence-corrected chi connectivity index (χ1v) is 2.81. The molecular weight excluding hydrogens is 119 g/mol. The molecule has 0 aromatic carbocycles. The van der Waals surface area contributed by atoms with Gasteiger partial charge in [-0.15, -0.1) is 0 Å². The molecule has 3 N–H and O–H groups in total. The summed E-state index contributed by atoms with van der Waals surface area (Å²) in [5.41, 5.74) is 5.70. The van der Waals surface area contributed by atoms with Gasteiger partial charge in [0.05, 0.1) is 0 Å². The molecule has 0 aliphatic carbocycles. The Bertz CT molecular complexity index is 160. The molecular formula is C6H9FN2. The van der Waals surface area contributed by atoms with Crippen molar-refractivity contribution in [2.75, 3.05) is 6.54 Å². The van der Waals surface area contributed by atoms with Crippen LogP contribution in [0.4, 0.5) is 4.39 Å². The van der Waals surface area contributed by atoms with E-state index in [0.717, 1.165) is 0 Å². The lowest BCUT2D eigenvalue weighted by molar-refractivity contribution is 0.353. The lowest BCUT2D eigenvalue weighted by atomic mass is 10.2. The fourth-order valence-corrected chi connectivity index (χ4v) is 0.668. The fraction of sp³-hybridized carbons (Fsp3) is 0.333. The van der Waals surface area contributed by atoms with Crippen molar-refractivity contribution in [3.63, 3.8) is 0 Å². The van der Waals surface area contributed by atoms with Crippen LogP contribution in [0.5, 0.6) is 0 Å². The summed E-state index contributed by atoms with van der Waals surface area (Å²) in [6.07, 6.45) is 2.27.